The van der Waals surface area contributed by atoms with Gasteiger partial charge >= 0.3 is 0 Å². The molecule has 21 heavy (non-hydrogen) atoms. The molecule has 2 aromatic rings. The molecule has 3 nitrogen and oxygen atoms in total. The summed E-state index contributed by atoms with van der Waals surface area (Å²) in [4.78, 5) is 4.13. The summed E-state index contributed by atoms with van der Waals surface area (Å²) in [6.45, 7) is 0. The van der Waals surface area contributed by atoms with Gasteiger partial charge < -0.3 is 10.1 Å². The Balaban J connectivity index is 1.80. The Bertz CT molecular complexity index is 504. The molecule has 0 bridgehead atoms. The molecule has 1 aromatic carbocycles. The van der Waals surface area contributed by atoms with Gasteiger partial charge in [-0.3, -0.25) is 4.98 Å². The molecule has 0 saturated heterocycles. The summed E-state index contributed by atoms with van der Waals surface area (Å²) in [6, 6.07) is 15.5. The molecule has 0 radical (unpaired) electrons. The third-order valence-electron chi connectivity index (χ3n) is 4.29. The summed E-state index contributed by atoms with van der Waals surface area (Å²) in [6.07, 6.45) is 7.53. The zero-order chi connectivity index (χ0) is 14.5. The number of aromatic nitrogens is 1. The van der Waals surface area contributed by atoms with Gasteiger partial charge in [-0.25, -0.2) is 0 Å². The van der Waals surface area contributed by atoms with Crippen molar-refractivity contribution < 1.29 is 4.74 Å². The molecule has 1 aliphatic carbocycles. The first-order valence-electron chi connectivity index (χ1n) is 7.60. The molecule has 3 atom stereocenters. The van der Waals surface area contributed by atoms with Crippen LogP contribution in [-0.4, -0.2) is 24.2 Å². The molecule has 110 valence electrons. The van der Waals surface area contributed by atoms with E-state index in [1.807, 2.05) is 19.5 Å². The van der Waals surface area contributed by atoms with Crippen molar-refractivity contribution in [1.29, 1.82) is 0 Å². The van der Waals surface area contributed by atoms with E-state index in [1.165, 1.54) is 17.5 Å². The smallest absolute Gasteiger partial charge is 0.0586 e. The molecule has 1 N–H and O–H groups in total. The molecule has 1 heterocycles. The van der Waals surface area contributed by atoms with Gasteiger partial charge in [0.25, 0.3) is 0 Å². The van der Waals surface area contributed by atoms with Crippen LogP contribution in [-0.2, 0) is 4.74 Å². The standard InChI is InChI=1S/C18H22N2O/c1-21-17-8-7-16(13-17)20-18(14-5-3-2-4-6-14)15-9-11-19-12-10-15/h2-6,9-12,16-18,20H,7-8,13H2,1H3. The fourth-order valence-electron chi connectivity index (χ4n) is 3.13. The number of nitrogens with zero attached hydrogens (tertiary/aromatic N) is 1. The van der Waals surface area contributed by atoms with Gasteiger partial charge in [0.1, 0.15) is 0 Å². The number of methoxy groups -OCH3 is 1. The van der Waals surface area contributed by atoms with Crippen LogP contribution in [0.15, 0.2) is 54.9 Å². The van der Waals surface area contributed by atoms with E-state index in [9.17, 15) is 0 Å². The Labute approximate surface area is 126 Å². The molecule has 0 spiro atoms. The molecule has 0 amide bonds. The van der Waals surface area contributed by atoms with Gasteiger partial charge in [-0.1, -0.05) is 30.3 Å². The quantitative estimate of drug-likeness (QED) is 0.913. The Morgan fingerprint density at radius 3 is 2.43 bits per heavy atom. The van der Waals surface area contributed by atoms with Gasteiger partial charge in [0.15, 0.2) is 0 Å². The minimum atomic E-state index is 0.217. The van der Waals surface area contributed by atoms with Crippen LogP contribution in [0.2, 0.25) is 0 Å². The van der Waals surface area contributed by atoms with Crippen LogP contribution in [0.4, 0.5) is 0 Å². The maximum atomic E-state index is 5.48. The van der Waals surface area contributed by atoms with E-state index >= 15 is 0 Å². The van der Waals surface area contributed by atoms with Gasteiger partial charge in [-0.15, -0.1) is 0 Å². The average Bonchev–Trinajstić information content (AvgIpc) is 3.02. The fourth-order valence-corrected chi connectivity index (χ4v) is 3.13. The van der Waals surface area contributed by atoms with Crippen molar-refractivity contribution in [2.45, 2.75) is 37.5 Å². The fraction of sp³-hybridized carbons (Fsp3) is 0.389. The maximum absolute atomic E-state index is 5.48. The lowest BCUT2D eigenvalue weighted by Crippen LogP contribution is -2.32. The van der Waals surface area contributed by atoms with Crippen LogP contribution in [0.5, 0.6) is 0 Å². The third kappa shape index (κ3) is 3.49. The zero-order valence-corrected chi connectivity index (χ0v) is 12.4. The van der Waals surface area contributed by atoms with Crippen LogP contribution in [0.25, 0.3) is 0 Å². The van der Waals surface area contributed by atoms with E-state index in [1.54, 1.807) is 0 Å². The lowest BCUT2D eigenvalue weighted by atomic mass is 9.98. The normalized spacial score (nSPS) is 23.1. The molecular formula is C18H22N2O. The molecule has 1 saturated carbocycles. The molecular weight excluding hydrogens is 260 g/mol. The highest BCUT2D eigenvalue weighted by molar-refractivity contribution is 5.30. The molecule has 0 aliphatic heterocycles. The molecule has 1 aromatic heterocycles. The van der Waals surface area contributed by atoms with Crippen LogP contribution in [0.3, 0.4) is 0 Å². The second-order valence-electron chi connectivity index (χ2n) is 5.66. The van der Waals surface area contributed by atoms with E-state index in [4.69, 9.17) is 4.74 Å². The Kier molecular flexibility index (Phi) is 4.63. The molecule has 1 aliphatic rings. The van der Waals surface area contributed by atoms with E-state index < -0.39 is 0 Å². The van der Waals surface area contributed by atoms with Crippen LogP contribution >= 0.6 is 0 Å². The van der Waals surface area contributed by atoms with E-state index in [0.717, 1.165) is 12.8 Å². The highest BCUT2D eigenvalue weighted by Gasteiger charge is 2.27. The summed E-state index contributed by atoms with van der Waals surface area (Å²) < 4.78 is 5.48. The second kappa shape index (κ2) is 6.83. The van der Waals surface area contributed by atoms with Crippen molar-refractivity contribution in [1.82, 2.24) is 10.3 Å². The van der Waals surface area contributed by atoms with Gasteiger partial charge in [0.05, 0.1) is 12.1 Å². The minimum Gasteiger partial charge on any atom is -0.381 e. The average molecular weight is 282 g/mol. The zero-order valence-electron chi connectivity index (χ0n) is 12.4. The summed E-state index contributed by atoms with van der Waals surface area (Å²) in [5.74, 6) is 0. The summed E-state index contributed by atoms with van der Waals surface area (Å²) in [7, 11) is 1.81. The SMILES string of the molecule is COC1CCC(NC(c2ccccc2)c2ccncc2)C1. The van der Waals surface area contributed by atoms with Crippen molar-refractivity contribution in [3.63, 3.8) is 0 Å². The Morgan fingerprint density at radius 2 is 1.76 bits per heavy atom. The number of pyridine rings is 1. The van der Waals surface area contributed by atoms with E-state index in [-0.39, 0.29) is 6.04 Å². The topological polar surface area (TPSA) is 34.1 Å². The van der Waals surface area contributed by atoms with Crippen LogP contribution in [0, 0.1) is 0 Å². The van der Waals surface area contributed by atoms with Gasteiger partial charge in [-0.05, 0) is 42.5 Å². The lowest BCUT2D eigenvalue weighted by Gasteiger charge is -2.24. The van der Waals surface area contributed by atoms with Crippen molar-refractivity contribution in [3.8, 4) is 0 Å². The molecule has 3 unspecified atom stereocenters. The third-order valence-corrected chi connectivity index (χ3v) is 4.29. The molecule has 3 heteroatoms. The summed E-state index contributed by atoms with van der Waals surface area (Å²) in [5, 5.41) is 3.81. The molecule has 1 fully saturated rings. The molecule has 3 rings (SSSR count). The van der Waals surface area contributed by atoms with Crippen molar-refractivity contribution in [2.75, 3.05) is 7.11 Å². The lowest BCUT2D eigenvalue weighted by molar-refractivity contribution is 0.106. The number of benzene rings is 1. The Hall–Kier alpha value is -1.71. The number of ether oxygens (including phenoxy) is 1. The maximum Gasteiger partial charge on any atom is 0.0586 e. The monoisotopic (exact) mass is 282 g/mol. The first kappa shape index (κ1) is 14.2. The van der Waals surface area contributed by atoms with Crippen molar-refractivity contribution in [2.24, 2.45) is 0 Å². The van der Waals surface area contributed by atoms with Gasteiger partial charge in [-0.2, -0.15) is 0 Å². The largest absolute Gasteiger partial charge is 0.381 e. The predicted molar refractivity (Wildman–Crippen MR) is 84.1 cm³/mol. The second-order valence-corrected chi connectivity index (χ2v) is 5.66. The van der Waals surface area contributed by atoms with Crippen molar-refractivity contribution in [3.05, 3.63) is 66.0 Å². The van der Waals surface area contributed by atoms with E-state index in [2.05, 4.69) is 52.8 Å². The highest BCUT2D eigenvalue weighted by atomic mass is 16.5. The first-order valence-corrected chi connectivity index (χ1v) is 7.60. The number of hydrogen-bond donors (Lipinski definition) is 1. The number of hydrogen-bond acceptors (Lipinski definition) is 3. The van der Waals surface area contributed by atoms with Gasteiger partial charge in [0, 0.05) is 25.5 Å². The summed E-state index contributed by atoms with van der Waals surface area (Å²) >= 11 is 0. The predicted octanol–water partition coefficient (Wildman–Crippen LogP) is 3.33. The minimum absolute atomic E-state index is 0.217. The number of nitrogens with one attached hydrogen (secondary N) is 1. The summed E-state index contributed by atoms with van der Waals surface area (Å²) in [5.41, 5.74) is 2.56. The van der Waals surface area contributed by atoms with E-state index in [0.29, 0.717) is 12.1 Å². The number of rotatable bonds is 5. The Morgan fingerprint density at radius 1 is 1.05 bits per heavy atom. The van der Waals surface area contributed by atoms with Crippen LogP contribution in [0.1, 0.15) is 36.4 Å². The van der Waals surface area contributed by atoms with Gasteiger partial charge in [0.2, 0.25) is 0 Å². The first-order chi connectivity index (χ1) is 10.4. The van der Waals surface area contributed by atoms with Crippen LogP contribution < -0.4 is 5.32 Å². The van der Waals surface area contributed by atoms with Crippen molar-refractivity contribution >= 4 is 0 Å². The highest BCUT2D eigenvalue weighted by Crippen LogP contribution is 2.27.